The average molecular weight is 761 g/mol. The highest BCUT2D eigenvalue weighted by atomic mass is 16.7. The highest BCUT2D eigenvalue weighted by molar-refractivity contribution is 6.03. The van der Waals surface area contributed by atoms with Crippen molar-refractivity contribution >= 4 is 80.5 Å². The number of benzene rings is 3. The summed E-state index contributed by atoms with van der Waals surface area (Å²) in [6.45, 7) is 0. The molecule has 3 aromatic carbocycles. The molecule has 1 unspecified atom stereocenters. The quantitative estimate of drug-likeness (QED) is 0.156. The minimum atomic E-state index is -2.28. The molecule has 278 valence electrons. The summed E-state index contributed by atoms with van der Waals surface area (Å²) < 4.78 is 0. The van der Waals surface area contributed by atoms with E-state index in [1.165, 1.54) is 0 Å². The maximum Gasteiger partial charge on any atom is 0.308 e. The van der Waals surface area contributed by atoms with Gasteiger partial charge in [0.1, 0.15) is 6.34 Å². The molecule has 0 fully saturated rings. The van der Waals surface area contributed by atoms with Crippen LogP contribution in [-0.4, -0.2) is 67.9 Å². The Balaban J connectivity index is 1.98. The van der Waals surface area contributed by atoms with Gasteiger partial charge in [-0.1, -0.05) is 0 Å². The Bertz CT molecular complexity index is 2200. The van der Waals surface area contributed by atoms with Gasteiger partial charge in [0.15, 0.2) is 11.4 Å². The van der Waals surface area contributed by atoms with E-state index < -0.39 is 125 Å². The number of rotatable bonds is 14. The number of hydrazine groups is 1. The lowest BCUT2D eigenvalue weighted by Crippen LogP contribution is -2.46. The smallest absolute Gasteiger partial charge is 0.308 e. The van der Waals surface area contributed by atoms with E-state index in [0.717, 1.165) is 0 Å². The number of anilines is 3. The molecular formula is C21H11N15O18. The largest absolute Gasteiger partial charge is 0.334 e. The van der Waals surface area contributed by atoms with Crippen molar-refractivity contribution in [3.05, 3.63) is 127 Å². The highest BCUT2D eigenvalue weighted by Gasteiger charge is 2.38. The van der Waals surface area contributed by atoms with Crippen LogP contribution in [-0.2, 0) is 0 Å². The number of guanidine groups is 1. The molecule has 0 bridgehead atoms. The molecule has 33 heteroatoms. The van der Waals surface area contributed by atoms with E-state index >= 15 is 0 Å². The molecule has 0 radical (unpaired) electrons. The fraction of sp³-hybridized carbons (Fsp3) is 0.0476. The van der Waals surface area contributed by atoms with Crippen molar-refractivity contribution in [2.24, 2.45) is 9.98 Å². The van der Waals surface area contributed by atoms with Gasteiger partial charge in [0, 0.05) is 0 Å². The predicted octanol–water partition coefficient (Wildman–Crippen LogP) is 3.40. The lowest BCUT2D eigenvalue weighted by molar-refractivity contribution is -0.402. The molecule has 0 aliphatic carbocycles. The van der Waals surface area contributed by atoms with Gasteiger partial charge in [0.25, 0.3) is 17.1 Å². The fourth-order valence-electron chi connectivity index (χ4n) is 4.38. The molecule has 3 N–H and O–H groups in total. The minimum absolute atomic E-state index is 0.252. The normalized spacial score (nSPS) is 13.2. The van der Waals surface area contributed by atoms with Crippen molar-refractivity contribution in [2.75, 3.05) is 16.1 Å². The van der Waals surface area contributed by atoms with Crippen molar-refractivity contribution < 1.29 is 44.3 Å². The van der Waals surface area contributed by atoms with E-state index in [1.54, 1.807) is 0 Å². The molecule has 0 saturated carbocycles. The van der Waals surface area contributed by atoms with Crippen LogP contribution in [0.25, 0.3) is 0 Å². The van der Waals surface area contributed by atoms with Gasteiger partial charge in [-0.3, -0.25) is 96.5 Å². The second kappa shape index (κ2) is 14.3. The summed E-state index contributed by atoms with van der Waals surface area (Å²) in [6.07, 6.45) is -1.83. The van der Waals surface area contributed by atoms with E-state index in [4.69, 9.17) is 0 Å². The number of non-ortho nitro benzene ring substituents is 3. The zero-order chi connectivity index (χ0) is 40.3. The molecule has 33 nitrogen and oxygen atoms in total. The lowest BCUT2D eigenvalue weighted by atomic mass is 10.2. The van der Waals surface area contributed by atoms with Gasteiger partial charge < -0.3 is 10.6 Å². The number of nitro groups is 9. The van der Waals surface area contributed by atoms with Crippen molar-refractivity contribution in [2.45, 2.75) is 6.29 Å². The zero-order valence-electron chi connectivity index (χ0n) is 25.3. The summed E-state index contributed by atoms with van der Waals surface area (Å²) in [5.74, 6) is -0.981. The van der Waals surface area contributed by atoms with E-state index in [1.807, 2.05) is 10.7 Å². The molecule has 0 saturated heterocycles. The first-order valence-corrected chi connectivity index (χ1v) is 13.3. The van der Waals surface area contributed by atoms with Gasteiger partial charge in [-0.05, 0) is 0 Å². The average Bonchev–Trinajstić information content (AvgIpc) is 3.08. The first-order chi connectivity index (χ1) is 25.2. The topological polar surface area (TPSA) is 452 Å². The molecule has 3 aromatic rings. The molecule has 1 aliphatic rings. The second-order valence-electron chi connectivity index (χ2n) is 9.75. The Morgan fingerprint density at radius 2 is 0.778 bits per heavy atom. The summed E-state index contributed by atoms with van der Waals surface area (Å²) in [6, 6.07) is 1.64. The van der Waals surface area contributed by atoms with Crippen LogP contribution in [0.2, 0.25) is 0 Å². The van der Waals surface area contributed by atoms with Crippen molar-refractivity contribution in [1.82, 2.24) is 5.01 Å². The highest BCUT2D eigenvalue weighted by Crippen LogP contribution is 2.42. The van der Waals surface area contributed by atoms with Crippen LogP contribution >= 0.6 is 0 Å². The van der Waals surface area contributed by atoms with Crippen LogP contribution in [0.5, 0.6) is 0 Å². The molecule has 1 heterocycles. The van der Waals surface area contributed by atoms with Crippen molar-refractivity contribution in [3.63, 3.8) is 0 Å². The van der Waals surface area contributed by atoms with Gasteiger partial charge in [-0.2, -0.15) is 0 Å². The Hall–Kier alpha value is -9.20. The van der Waals surface area contributed by atoms with Gasteiger partial charge in [0.2, 0.25) is 17.9 Å². The SMILES string of the molecule is O=[N+]([O-])c1cc([N+](=O)[O-])c(NC2=NC(Nc3c([N+](=O)[O-])cc([N+](=O)[O-])cc3[N+](=O)[O-])N(Nc3c([N+](=O)[O-])cc([N+](=O)[O-])cc3[N+](=O)[O-])C=N2)c([N+](=O)[O-])c1. The van der Waals surface area contributed by atoms with E-state index in [0.29, 0.717) is 23.5 Å². The van der Waals surface area contributed by atoms with Crippen molar-refractivity contribution in [1.29, 1.82) is 0 Å². The van der Waals surface area contributed by atoms with E-state index in [9.17, 15) is 91.0 Å². The number of aliphatic imine (C=N–C) groups is 2. The minimum Gasteiger partial charge on any atom is -0.334 e. The predicted molar refractivity (Wildman–Crippen MR) is 172 cm³/mol. The summed E-state index contributed by atoms with van der Waals surface area (Å²) in [5, 5.41) is 110. The first-order valence-electron chi connectivity index (χ1n) is 13.3. The third-order valence-corrected chi connectivity index (χ3v) is 6.62. The van der Waals surface area contributed by atoms with Crippen LogP contribution in [0.1, 0.15) is 0 Å². The molecule has 4 rings (SSSR count). The first kappa shape index (κ1) is 37.6. The third kappa shape index (κ3) is 7.51. The maximum atomic E-state index is 11.9. The van der Waals surface area contributed by atoms with Crippen molar-refractivity contribution in [3.8, 4) is 0 Å². The van der Waals surface area contributed by atoms with E-state index in [2.05, 4.69) is 15.3 Å². The Kier molecular flexibility index (Phi) is 9.99. The summed E-state index contributed by atoms with van der Waals surface area (Å²) in [5.41, 5.74) is -12.9. The fourth-order valence-corrected chi connectivity index (χ4v) is 4.38. The van der Waals surface area contributed by atoms with Gasteiger partial charge in [-0.15, -0.1) is 0 Å². The summed E-state index contributed by atoms with van der Waals surface area (Å²) >= 11 is 0. The number of nitrogens with one attached hydrogen (secondary N) is 3. The molecule has 0 aromatic heterocycles. The lowest BCUT2D eigenvalue weighted by Gasteiger charge is -2.31. The monoisotopic (exact) mass is 761 g/mol. The van der Waals surface area contributed by atoms with Crippen LogP contribution in [0.4, 0.5) is 68.2 Å². The molecule has 0 spiro atoms. The molecule has 0 amide bonds. The van der Waals surface area contributed by atoms with Gasteiger partial charge in [-0.25, -0.2) is 15.0 Å². The molecular weight excluding hydrogens is 750 g/mol. The maximum absolute atomic E-state index is 11.9. The Labute approximate surface area is 290 Å². The Morgan fingerprint density at radius 1 is 0.463 bits per heavy atom. The summed E-state index contributed by atoms with van der Waals surface area (Å²) in [4.78, 5) is 101. The second-order valence-corrected chi connectivity index (χ2v) is 9.75. The molecule has 1 aliphatic heterocycles. The zero-order valence-corrected chi connectivity index (χ0v) is 25.3. The molecule has 54 heavy (non-hydrogen) atoms. The van der Waals surface area contributed by atoms with Crippen LogP contribution in [0.15, 0.2) is 46.4 Å². The number of nitro benzene ring substituents is 9. The number of hydrogen-bond acceptors (Lipinski definition) is 24. The van der Waals surface area contributed by atoms with Gasteiger partial charge in [0.05, 0.1) is 80.7 Å². The van der Waals surface area contributed by atoms with Crippen LogP contribution < -0.4 is 16.1 Å². The van der Waals surface area contributed by atoms with Crippen LogP contribution in [0.3, 0.4) is 0 Å². The standard InChI is InChI=1S/C21H11N15O18/c37-28(38)8-1-11(31(43)44)17(12(2-8)32(45)46)23-20-22-7-27(26-19-15(35(51)52)5-10(30(41)42)6-16(19)36(53)54)21(25-20)24-18-13(33(47)48)3-9(29(39)40)4-14(18)34(49)50/h1-7,21,24,26H,(H,23,25). The molecule has 1 atom stereocenters. The van der Waals surface area contributed by atoms with Crippen LogP contribution in [0, 0.1) is 91.0 Å². The summed E-state index contributed by atoms with van der Waals surface area (Å²) in [7, 11) is 0. The third-order valence-electron chi connectivity index (χ3n) is 6.62. The van der Waals surface area contributed by atoms with Gasteiger partial charge >= 0.3 is 34.1 Å². The Morgan fingerprint density at radius 3 is 1.09 bits per heavy atom. The van der Waals surface area contributed by atoms with E-state index in [-0.39, 0.29) is 24.3 Å². The number of nitrogens with zero attached hydrogens (tertiary/aromatic N) is 12. The number of hydrogen-bond donors (Lipinski definition) is 3.